The molecule has 0 aliphatic carbocycles. The monoisotopic (exact) mass is 248 g/mol. The molecule has 2 aromatic rings. The molecule has 1 heterocycles. The molecule has 0 amide bonds. The van der Waals surface area contributed by atoms with Crippen LogP contribution in [0.25, 0.3) is 11.1 Å². The van der Waals surface area contributed by atoms with Crippen LogP contribution in [-0.2, 0) is 11.2 Å². The fraction of sp³-hybridized carbons (Fsp3) is 0.231. The van der Waals surface area contributed by atoms with E-state index in [-0.39, 0.29) is 5.82 Å². The molecule has 0 saturated carbocycles. The van der Waals surface area contributed by atoms with Gasteiger partial charge in [0.15, 0.2) is 0 Å². The fourth-order valence-corrected chi connectivity index (χ4v) is 1.74. The number of carbonyl (C=O) groups is 1. The highest BCUT2D eigenvalue weighted by atomic mass is 19.1. The minimum atomic E-state index is -0.852. The minimum absolute atomic E-state index is 0.303. The van der Waals surface area contributed by atoms with Gasteiger partial charge in [-0.05, 0) is 17.7 Å². The number of hydrogen-bond acceptors (Lipinski definition) is 2. The van der Waals surface area contributed by atoms with Crippen LogP contribution < -0.4 is 0 Å². The van der Waals surface area contributed by atoms with Gasteiger partial charge in [-0.3, -0.25) is 9.89 Å². The minimum Gasteiger partial charge on any atom is -0.481 e. The summed E-state index contributed by atoms with van der Waals surface area (Å²) < 4.78 is 12.8. The van der Waals surface area contributed by atoms with Gasteiger partial charge in [0.25, 0.3) is 0 Å². The highest BCUT2D eigenvalue weighted by Gasteiger charge is 2.16. The zero-order valence-electron chi connectivity index (χ0n) is 9.85. The molecule has 0 aliphatic heterocycles. The number of benzene rings is 1. The number of nitrogens with one attached hydrogen (secondary N) is 1. The lowest BCUT2D eigenvalue weighted by atomic mass is 9.99. The molecule has 18 heavy (non-hydrogen) atoms. The van der Waals surface area contributed by atoms with E-state index in [1.54, 1.807) is 25.3 Å². The van der Waals surface area contributed by atoms with E-state index in [2.05, 4.69) is 10.2 Å². The number of carboxylic acid groups (broad SMARTS) is 1. The second-order valence-electron chi connectivity index (χ2n) is 4.21. The Bertz CT molecular complexity index is 548. The van der Waals surface area contributed by atoms with Crippen LogP contribution in [0.15, 0.2) is 30.5 Å². The van der Waals surface area contributed by atoms with E-state index in [9.17, 15) is 9.18 Å². The average molecular weight is 248 g/mol. The Morgan fingerprint density at radius 1 is 1.44 bits per heavy atom. The molecule has 1 unspecified atom stereocenters. The van der Waals surface area contributed by atoms with Gasteiger partial charge in [-0.2, -0.15) is 5.10 Å². The fourth-order valence-electron chi connectivity index (χ4n) is 1.74. The molecule has 0 bridgehead atoms. The zero-order valence-corrected chi connectivity index (χ0v) is 9.85. The summed E-state index contributed by atoms with van der Waals surface area (Å²) in [6, 6.07) is 6.03. The number of aliphatic carboxylic acids is 1. The van der Waals surface area contributed by atoms with Crippen molar-refractivity contribution in [3.05, 3.63) is 42.0 Å². The molecule has 0 aliphatic rings. The van der Waals surface area contributed by atoms with Crippen LogP contribution in [0.1, 0.15) is 12.6 Å². The number of rotatable bonds is 4. The van der Waals surface area contributed by atoms with Gasteiger partial charge in [-0.25, -0.2) is 4.39 Å². The van der Waals surface area contributed by atoms with Crippen LogP contribution in [-0.4, -0.2) is 21.3 Å². The summed E-state index contributed by atoms with van der Waals surface area (Å²) in [4.78, 5) is 10.8. The number of carboxylic acids is 1. The van der Waals surface area contributed by atoms with Crippen molar-refractivity contribution < 1.29 is 14.3 Å². The molecular weight excluding hydrogens is 235 g/mol. The maximum Gasteiger partial charge on any atom is 0.306 e. The van der Waals surface area contributed by atoms with E-state index in [1.807, 2.05) is 0 Å². The molecule has 1 aromatic carbocycles. The Morgan fingerprint density at radius 2 is 2.11 bits per heavy atom. The van der Waals surface area contributed by atoms with Gasteiger partial charge in [0.1, 0.15) is 5.82 Å². The van der Waals surface area contributed by atoms with E-state index in [0.717, 1.165) is 16.8 Å². The van der Waals surface area contributed by atoms with Gasteiger partial charge >= 0.3 is 5.97 Å². The molecule has 94 valence electrons. The van der Waals surface area contributed by atoms with Crippen LogP contribution >= 0.6 is 0 Å². The van der Waals surface area contributed by atoms with Crippen molar-refractivity contribution in [3.8, 4) is 11.1 Å². The van der Waals surface area contributed by atoms with Crippen molar-refractivity contribution in [2.75, 3.05) is 0 Å². The van der Waals surface area contributed by atoms with E-state index < -0.39 is 11.9 Å². The normalized spacial score (nSPS) is 12.3. The number of halogens is 1. The third-order valence-corrected chi connectivity index (χ3v) is 2.81. The topological polar surface area (TPSA) is 66.0 Å². The molecular formula is C13H13FN2O2. The van der Waals surface area contributed by atoms with Gasteiger partial charge < -0.3 is 5.11 Å². The van der Waals surface area contributed by atoms with Crippen LogP contribution in [0.4, 0.5) is 4.39 Å². The summed E-state index contributed by atoms with van der Waals surface area (Å²) in [5.74, 6) is -1.65. The van der Waals surface area contributed by atoms with E-state index in [1.165, 1.54) is 12.1 Å². The summed E-state index contributed by atoms with van der Waals surface area (Å²) in [6.07, 6.45) is 1.99. The maximum absolute atomic E-state index is 12.8. The smallest absolute Gasteiger partial charge is 0.306 e. The first kappa shape index (κ1) is 12.3. The van der Waals surface area contributed by atoms with Gasteiger partial charge in [0.05, 0.1) is 12.1 Å². The molecule has 0 radical (unpaired) electrons. The maximum atomic E-state index is 12.8. The predicted molar refractivity (Wildman–Crippen MR) is 64.5 cm³/mol. The molecule has 5 heteroatoms. The van der Waals surface area contributed by atoms with Crippen molar-refractivity contribution in [1.82, 2.24) is 10.2 Å². The molecule has 0 spiro atoms. The van der Waals surface area contributed by atoms with E-state index in [4.69, 9.17) is 5.11 Å². The standard InChI is InChI=1S/C13H13FN2O2/c1-8(13(17)18)6-12-11(7-15-16-12)9-2-4-10(14)5-3-9/h2-5,7-8H,6H2,1H3,(H,15,16)(H,17,18). The van der Waals surface area contributed by atoms with Crippen molar-refractivity contribution in [1.29, 1.82) is 0 Å². The Hall–Kier alpha value is -2.17. The number of aromatic nitrogens is 2. The summed E-state index contributed by atoms with van der Waals surface area (Å²) in [5, 5.41) is 15.6. The highest BCUT2D eigenvalue weighted by Crippen LogP contribution is 2.24. The summed E-state index contributed by atoms with van der Waals surface area (Å²) in [6.45, 7) is 1.64. The van der Waals surface area contributed by atoms with Crippen molar-refractivity contribution in [3.63, 3.8) is 0 Å². The van der Waals surface area contributed by atoms with Crippen molar-refractivity contribution in [2.45, 2.75) is 13.3 Å². The average Bonchev–Trinajstić information content (AvgIpc) is 2.78. The summed E-state index contributed by atoms with van der Waals surface area (Å²) in [7, 11) is 0. The molecule has 1 atom stereocenters. The number of hydrogen-bond donors (Lipinski definition) is 2. The van der Waals surface area contributed by atoms with E-state index >= 15 is 0 Å². The third kappa shape index (κ3) is 2.56. The van der Waals surface area contributed by atoms with Crippen molar-refractivity contribution >= 4 is 5.97 Å². The second-order valence-corrected chi connectivity index (χ2v) is 4.21. The Balaban J connectivity index is 2.27. The lowest BCUT2D eigenvalue weighted by Crippen LogP contribution is -2.12. The van der Waals surface area contributed by atoms with Crippen LogP contribution in [0.2, 0.25) is 0 Å². The first-order chi connectivity index (χ1) is 8.58. The SMILES string of the molecule is CC(Cc1[nH]ncc1-c1ccc(F)cc1)C(=O)O. The summed E-state index contributed by atoms with van der Waals surface area (Å²) >= 11 is 0. The largest absolute Gasteiger partial charge is 0.481 e. The lowest BCUT2D eigenvalue weighted by Gasteiger charge is -2.06. The van der Waals surface area contributed by atoms with Crippen LogP contribution in [0.3, 0.4) is 0 Å². The van der Waals surface area contributed by atoms with Crippen LogP contribution in [0, 0.1) is 11.7 Å². The van der Waals surface area contributed by atoms with Crippen LogP contribution in [0.5, 0.6) is 0 Å². The highest BCUT2D eigenvalue weighted by molar-refractivity contribution is 5.71. The number of aromatic amines is 1. The first-order valence-corrected chi connectivity index (χ1v) is 5.59. The van der Waals surface area contributed by atoms with E-state index in [0.29, 0.717) is 6.42 Å². The number of nitrogens with zero attached hydrogens (tertiary/aromatic N) is 1. The predicted octanol–water partition coefficient (Wildman–Crippen LogP) is 2.48. The van der Waals surface area contributed by atoms with Gasteiger partial charge in [-0.15, -0.1) is 0 Å². The molecule has 2 N–H and O–H groups in total. The molecule has 1 aromatic heterocycles. The van der Waals surface area contributed by atoms with Gasteiger partial charge in [-0.1, -0.05) is 19.1 Å². The number of H-pyrrole nitrogens is 1. The molecule has 0 fully saturated rings. The molecule has 2 rings (SSSR count). The Labute approximate surface area is 103 Å². The lowest BCUT2D eigenvalue weighted by molar-refractivity contribution is -0.141. The zero-order chi connectivity index (χ0) is 13.1. The Kier molecular flexibility index (Phi) is 3.41. The third-order valence-electron chi connectivity index (χ3n) is 2.81. The summed E-state index contributed by atoms with van der Waals surface area (Å²) in [5.41, 5.74) is 2.37. The second kappa shape index (κ2) is 5.00. The molecule has 0 saturated heterocycles. The first-order valence-electron chi connectivity index (χ1n) is 5.59. The quantitative estimate of drug-likeness (QED) is 0.873. The Morgan fingerprint density at radius 3 is 2.72 bits per heavy atom. The van der Waals surface area contributed by atoms with Gasteiger partial charge in [0.2, 0.25) is 0 Å². The van der Waals surface area contributed by atoms with Crippen molar-refractivity contribution in [2.24, 2.45) is 5.92 Å². The molecule has 4 nitrogen and oxygen atoms in total. The van der Waals surface area contributed by atoms with Gasteiger partial charge in [0, 0.05) is 17.7 Å².